The van der Waals surface area contributed by atoms with Crippen LogP contribution < -0.4 is 10.6 Å². The van der Waals surface area contributed by atoms with Gasteiger partial charge < -0.3 is 20.1 Å². The van der Waals surface area contributed by atoms with Crippen LogP contribution in [-0.2, 0) is 29.2 Å². The second kappa shape index (κ2) is 9.73. The number of nitrogens with one attached hydrogen (secondary N) is 2. The summed E-state index contributed by atoms with van der Waals surface area (Å²) in [6.45, 7) is 5.59. The molecule has 0 atom stereocenters. The molecular weight excluding hydrogens is 363 g/mol. The number of halogens is 1. The van der Waals surface area contributed by atoms with E-state index in [9.17, 15) is 14.0 Å². The summed E-state index contributed by atoms with van der Waals surface area (Å²) >= 11 is 0. The summed E-state index contributed by atoms with van der Waals surface area (Å²) < 4.78 is 24.2. The van der Waals surface area contributed by atoms with Gasteiger partial charge in [-0.1, -0.05) is 36.4 Å². The van der Waals surface area contributed by atoms with Gasteiger partial charge in [0.2, 0.25) is 0 Å². The molecule has 7 heteroatoms. The van der Waals surface area contributed by atoms with Crippen LogP contribution in [0, 0.1) is 5.82 Å². The zero-order valence-electron chi connectivity index (χ0n) is 16.3. The lowest BCUT2D eigenvalue weighted by Gasteiger charge is -2.19. The Hall–Kier alpha value is -3.09. The van der Waals surface area contributed by atoms with Gasteiger partial charge >= 0.3 is 12.2 Å². The van der Waals surface area contributed by atoms with Crippen molar-refractivity contribution in [1.82, 2.24) is 10.6 Å². The van der Waals surface area contributed by atoms with E-state index in [0.717, 1.165) is 5.56 Å². The highest BCUT2D eigenvalue weighted by atomic mass is 19.1. The Morgan fingerprint density at radius 1 is 0.964 bits per heavy atom. The van der Waals surface area contributed by atoms with E-state index < -0.39 is 23.6 Å². The normalized spacial score (nSPS) is 10.9. The minimum Gasteiger partial charge on any atom is -0.445 e. The molecule has 0 spiro atoms. The quantitative estimate of drug-likeness (QED) is 0.742. The number of carbonyl (C=O) groups excluding carboxylic acids is 2. The Morgan fingerprint density at radius 2 is 1.64 bits per heavy atom. The Morgan fingerprint density at radius 3 is 2.32 bits per heavy atom. The highest BCUT2D eigenvalue weighted by Gasteiger charge is 2.16. The number of rotatable bonds is 6. The SMILES string of the molecule is CC(C)(C)OC(=O)NCc1ccc(F)c(CNC(=O)OCc2ccccc2)c1.[HH].[HH]. The lowest BCUT2D eigenvalue weighted by atomic mass is 10.1. The molecule has 0 unspecified atom stereocenters. The van der Waals surface area contributed by atoms with E-state index >= 15 is 0 Å². The topological polar surface area (TPSA) is 76.7 Å². The molecule has 2 amide bonds. The summed E-state index contributed by atoms with van der Waals surface area (Å²) in [7, 11) is 0. The first-order valence-electron chi connectivity index (χ1n) is 8.91. The zero-order chi connectivity index (χ0) is 20.6. The standard InChI is InChI=1S/C21H25FN2O4.2H2/c1-21(2,3)28-20(26)23-12-16-9-10-18(22)17(11-16)13-24-19(25)27-14-15-7-5-4-6-8-15;;/h4-11H,12-14H2,1-3H3,(H,23,26)(H,24,25);2*1H. The van der Waals surface area contributed by atoms with Gasteiger partial charge in [0.1, 0.15) is 18.0 Å². The number of amides is 2. The molecule has 0 saturated carbocycles. The van der Waals surface area contributed by atoms with Gasteiger partial charge in [-0.25, -0.2) is 14.0 Å². The fraction of sp³-hybridized carbons (Fsp3) is 0.333. The summed E-state index contributed by atoms with van der Waals surface area (Å²) in [5.74, 6) is -0.454. The second-order valence-electron chi connectivity index (χ2n) is 7.20. The van der Waals surface area contributed by atoms with Crippen LogP contribution in [-0.4, -0.2) is 17.8 Å². The van der Waals surface area contributed by atoms with E-state index in [0.29, 0.717) is 11.1 Å². The molecule has 0 aliphatic carbocycles. The maximum atomic E-state index is 14.0. The lowest BCUT2D eigenvalue weighted by molar-refractivity contribution is 0.0523. The average Bonchev–Trinajstić information content (AvgIpc) is 2.64. The van der Waals surface area contributed by atoms with Gasteiger partial charge in [0.15, 0.2) is 0 Å². The predicted molar refractivity (Wildman–Crippen MR) is 107 cm³/mol. The van der Waals surface area contributed by atoms with Crippen molar-refractivity contribution >= 4 is 12.2 Å². The van der Waals surface area contributed by atoms with Crippen molar-refractivity contribution in [3.63, 3.8) is 0 Å². The maximum Gasteiger partial charge on any atom is 0.407 e. The molecule has 0 radical (unpaired) electrons. The molecule has 0 aliphatic heterocycles. The molecule has 0 fully saturated rings. The van der Waals surface area contributed by atoms with E-state index in [2.05, 4.69) is 10.6 Å². The first kappa shape index (κ1) is 21.2. The van der Waals surface area contributed by atoms with Crippen LogP contribution in [0.5, 0.6) is 0 Å². The number of benzene rings is 2. The molecule has 2 aromatic carbocycles. The fourth-order valence-electron chi connectivity index (χ4n) is 2.30. The number of carbonyl (C=O) groups is 2. The van der Waals surface area contributed by atoms with Gasteiger partial charge in [-0.15, -0.1) is 0 Å². The smallest absolute Gasteiger partial charge is 0.407 e. The Balaban J connectivity index is 0.00000420. The number of hydrogen-bond donors (Lipinski definition) is 2. The van der Waals surface area contributed by atoms with Gasteiger partial charge in [0.05, 0.1) is 0 Å². The van der Waals surface area contributed by atoms with Gasteiger partial charge in [0.25, 0.3) is 0 Å². The van der Waals surface area contributed by atoms with Gasteiger partial charge in [-0.05, 0) is 44.0 Å². The Kier molecular flexibility index (Phi) is 7.37. The van der Waals surface area contributed by atoms with Crippen LogP contribution >= 0.6 is 0 Å². The van der Waals surface area contributed by atoms with Crippen molar-refractivity contribution in [2.75, 3.05) is 0 Å². The third-order valence-electron chi connectivity index (χ3n) is 3.58. The molecule has 2 rings (SSSR count). The highest BCUT2D eigenvalue weighted by molar-refractivity contribution is 5.68. The summed E-state index contributed by atoms with van der Waals surface area (Å²) in [6.07, 6.45) is -1.19. The van der Waals surface area contributed by atoms with Crippen molar-refractivity contribution in [3.8, 4) is 0 Å². The number of hydrogen-bond acceptors (Lipinski definition) is 4. The van der Waals surface area contributed by atoms with E-state index in [1.54, 1.807) is 32.9 Å². The Bertz CT molecular complexity index is 814. The summed E-state index contributed by atoms with van der Waals surface area (Å²) in [5, 5.41) is 5.13. The van der Waals surface area contributed by atoms with Gasteiger partial charge in [-0.2, -0.15) is 0 Å². The van der Waals surface area contributed by atoms with Crippen molar-refractivity contribution in [3.05, 3.63) is 71.0 Å². The third-order valence-corrected chi connectivity index (χ3v) is 3.58. The highest BCUT2D eigenvalue weighted by Crippen LogP contribution is 2.12. The van der Waals surface area contributed by atoms with Crippen molar-refractivity contribution in [1.29, 1.82) is 0 Å². The summed E-state index contributed by atoms with van der Waals surface area (Å²) in [6, 6.07) is 13.7. The summed E-state index contributed by atoms with van der Waals surface area (Å²) in [5.41, 5.74) is 1.24. The molecule has 2 N–H and O–H groups in total. The Labute approximate surface area is 167 Å². The van der Waals surface area contributed by atoms with Crippen LogP contribution in [0.15, 0.2) is 48.5 Å². The summed E-state index contributed by atoms with van der Waals surface area (Å²) in [4.78, 5) is 23.5. The van der Waals surface area contributed by atoms with E-state index in [4.69, 9.17) is 9.47 Å². The van der Waals surface area contributed by atoms with Crippen LogP contribution in [0.1, 0.15) is 40.3 Å². The van der Waals surface area contributed by atoms with Gasteiger partial charge in [0, 0.05) is 21.5 Å². The zero-order valence-corrected chi connectivity index (χ0v) is 16.3. The molecular formula is C21H29FN2O4. The predicted octanol–water partition coefficient (Wildman–Crippen LogP) is 4.77. The van der Waals surface area contributed by atoms with Crippen molar-refractivity contribution < 1.29 is 26.3 Å². The van der Waals surface area contributed by atoms with Gasteiger partial charge in [-0.3, -0.25) is 0 Å². The molecule has 0 aromatic heterocycles. The molecule has 0 bridgehead atoms. The van der Waals surface area contributed by atoms with Crippen LogP contribution in [0.2, 0.25) is 0 Å². The second-order valence-corrected chi connectivity index (χ2v) is 7.20. The average molecular weight is 392 g/mol. The third kappa shape index (κ3) is 7.65. The maximum absolute atomic E-state index is 14.0. The van der Waals surface area contributed by atoms with Crippen molar-refractivity contribution in [2.24, 2.45) is 0 Å². The monoisotopic (exact) mass is 392 g/mol. The molecule has 2 aromatic rings. The molecule has 0 aliphatic rings. The largest absolute Gasteiger partial charge is 0.445 e. The fourth-order valence-corrected chi connectivity index (χ4v) is 2.30. The van der Waals surface area contributed by atoms with Crippen LogP contribution in [0.4, 0.5) is 14.0 Å². The minimum absolute atomic E-state index is 0. The first-order chi connectivity index (χ1) is 13.2. The van der Waals surface area contributed by atoms with E-state index in [-0.39, 0.29) is 22.5 Å². The van der Waals surface area contributed by atoms with E-state index in [1.165, 1.54) is 6.07 Å². The van der Waals surface area contributed by atoms with Crippen molar-refractivity contribution in [2.45, 2.75) is 46.1 Å². The van der Waals surface area contributed by atoms with Crippen LogP contribution in [0.3, 0.4) is 0 Å². The molecule has 0 heterocycles. The van der Waals surface area contributed by atoms with Crippen LogP contribution in [0.25, 0.3) is 0 Å². The molecule has 6 nitrogen and oxygen atoms in total. The molecule has 154 valence electrons. The minimum atomic E-state index is -0.638. The lowest BCUT2D eigenvalue weighted by Crippen LogP contribution is -2.32. The first-order valence-corrected chi connectivity index (χ1v) is 8.91. The van der Waals surface area contributed by atoms with E-state index in [1.807, 2.05) is 30.3 Å². The number of alkyl carbamates (subject to hydrolysis) is 2. The molecule has 28 heavy (non-hydrogen) atoms. The molecule has 0 saturated heterocycles. The number of ether oxygens (including phenoxy) is 2.